The number of nitrogens with zero attached hydrogens (tertiary/aromatic N) is 2. The van der Waals surface area contributed by atoms with E-state index in [0.717, 1.165) is 5.56 Å². The van der Waals surface area contributed by atoms with Gasteiger partial charge in [-0.25, -0.2) is 0 Å². The van der Waals surface area contributed by atoms with Gasteiger partial charge in [0.2, 0.25) is 0 Å². The zero-order valence-electron chi connectivity index (χ0n) is 14.6. The molecule has 3 aromatic rings. The van der Waals surface area contributed by atoms with Gasteiger partial charge in [-0.15, -0.1) is 10.2 Å². The third-order valence-electron chi connectivity index (χ3n) is 3.91. The summed E-state index contributed by atoms with van der Waals surface area (Å²) in [7, 11) is 1.71. The van der Waals surface area contributed by atoms with Crippen LogP contribution in [-0.4, -0.2) is 34.7 Å². The van der Waals surface area contributed by atoms with Gasteiger partial charge in [-0.1, -0.05) is 65.9 Å². The van der Waals surface area contributed by atoms with Crippen molar-refractivity contribution in [1.82, 2.24) is 10.2 Å². The summed E-state index contributed by atoms with van der Waals surface area (Å²) in [5.41, 5.74) is 3.38. The van der Waals surface area contributed by atoms with Crippen molar-refractivity contribution in [3.8, 4) is 23.1 Å². The normalized spacial score (nSPS) is 10.0. The van der Waals surface area contributed by atoms with Gasteiger partial charge in [-0.2, -0.15) is 0 Å². The van der Waals surface area contributed by atoms with E-state index in [4.69, 9.17) is 22.1 Å². The lowest BCUT2D eigenvalue weighted by atomic mass is 9.99. The number of anilines is 1. The zero-order valence-corrected chi connectivity index (χ0v) is 15.4. The molecule has 0 saturated carbocycles. The number of rotatable bonds is 4. The van der Waals surface area contributed by atoms with Crippen LogP contribution in [0, 0.1) is 17.3 Å². The van der Waals surface area contributed by atoms with E-state index in [1.165, 1.54) is 0 Å². The molecule has 0 spiro atoms. The molecule has 6 heteroatoms. The number of aromatic nitrogens is 2. The van der Waals surface area contributed by atoms with Crippen molar-refractivity contribution in [3.05, 3.63) is 76.3 Å². The third-order valence-corrected chi connectivity index (χ3v) is 4.28. The topological polar surface area (TPSA) is 81.9 Å². The van der Waals surface area contributed by atoms with Crippen LogP contribution in [0.2, 0.25) is 5.02 Å². The second-order valence-corrected chi connectivity index (χ2v) is 6.00. The third kappa shape index (κ3) is 3.98. The molecule has 2 aromatic carbocycles. The van der Waals surface area contributed by atoms with Crippen LogP contribution in [0.1, 0.15) is 16.7 Å². The maximum absolute atomic E-state index is 8.87. The van der Waals surface area contributed by atoms with E-state index >= 15 is 0 Å². The molecule has 0 aliphatic carbocycles. The molecule has 3 N–H and O–H groups in total. The number of halogens is 1. The summed E-state index contributed by atoms with van der Waals surface area (Å²) in [4.78, 5) is 0. The predicted molar refractivity (Wildman–Crippen MR) is 108 cm³/mol. The van der Waals surface area contributed by atoms with Crippen molar-refractivity contribution in [3.63, 3.8) is 0 Å². The molecule has 0 bridgehead atoms. The standard InChI is InChI=1S/C21H17ClN4O/c1-24-21-17(18(22)20(25-26-21)15-9-3-2-4-10-15)19(23)16-11-5-7-14(13-16)8-6-12-27/h2-5,7,9-11,13,23,27H,12H2,1H3,(H,24,26). The van der Waals surface area contributed by atoms with E-state index in [-0.39, 0.29) is 12.3 Å². The monoisotopic (exact) mass is 376 g/mol. The molecule has 3 rings (SSSR count). The summed E-state index contributed by atoms with van der Waals surface area (Å²) in [6.07, 6.45) is 0. The molecule has 0 aliphatic rings. The number of benzene rings is 2. The minimum Gasteiger partial charge on any atom is -0.384 e. The lowest BCUT2D eigenvalue weighted by molar-refractivity contribution is 0.350. The van der Waals surface area contributed by atoms with Gasteiger partial charge in [-0.3, -0.25) is 5.41 Å². The Bertz CT molecular complexity index is 1040. The summed E-state index contributed by atoms with van der Waals surface area (Å²) >= 11 is 6.65. The average molecular weight is 377 g/mol. The summed E-state index contributed by atoms with van der Waals surface area (Å²) < 4.78 is 0. The molecule has 0 saturated heterocycles. The van der Waals surface area contributed by atoms with Crippen LogP contribution in [0.4, 0.5) is 5.82 Å². The van der Waals surface area contributed by atoms with Gasteiger partial charge in [0.1, 0.15) is 12.3 Å². The number of nitrogens with one attached hydrogen (secondary N) is 2. The molecule has 0 aliphatic heterocycles. The Hall–Kier alpha value is -3.20. The Morgan fingerprint density at radius 2 is 1.93 bits per heavy atom. The summed E-state index contributed by atoms with van der Waals surface area (Å²) in [5.74, 6) is 5.88. The van der Waals surface area contributed by atoms with Crippen molar-refractivity contribution < 1.29 is 5.11 Å². The van der Waals surface area contributed by atoms with Gasteiger partial charge in [0.05, 0.1) is 16.3 Å². The second-order valence-electron chi connectivity index (χ2n) is 5.62. The van der Waals surface area contributed by atoms with Crippen LogP contribution in [0.15, 0.2) is 54.6 Å². The van der Waals surface area contributed by atoms with E-state index in [0.29, 0.717) is 33.2 Å². The lowest BCUT2D eigenvalue weighted by Gasteiger charge is -2.14. The fraction of sp³-hybridized carbons (Fsp3) is 0.0952. The molecule has 1 aromatic heterocycles. The molecule has 0 unspecified atom stereocenters. The summed E-state index contributed by atoms with van der Waals surface area (Å²) in [5, 5.41) is 29.3. The Morgan fingerprint density at radius 1 is 1.15 bits per heavy atom. The van der Waals surface area contributed by atoms with Gasteiger partial charge < -0.3 is 10.4 Å². The first-order chi connectivity index (χ1) is 13.2. The second kappa shape index (κ2) is 8.45. The number of hydrogen-bond acceptors (Lipinski definition) is 5. The van der Waals surface area contributed by atoms with Crippen molar-refractivity contribution in [2.24, 2.45) is 0 Å². The maximum atomic E-state index is 8.87. The van der Waals surface area contributed by atoms with E-state index < -0.39 is 0 Å². The molecule has 27 heavy (non-hydrogen) atoms. The van der Waals surface area contributed by atoms with E-state index in [1.807, 2.05) is 48.5 Å². The van der Waals surface area contributed by atoms with Crippen LogP contribution in [0.3, 0.4) is 0 Å². The molecular formula is C21H17ClN4O. The Labute approximate surface area is 162 Å². The van der Waals surface area contributed by atoms with Crippen LogP contribution in [0.25, 0.3) is 11.3 Å². The molecular weight excluding hydrogens is 360 g/mol. The van der Waals surface area contributed by atoms with E-state index in [1.54, 1.807) is 13.1 Å². The molecule has 0 atom stereocenters. The Balaban J connectivity index is 2.11. The minimum absolute atomic E-state index is 0.212. The van der Waals surface area contributed by atoms with Crippen molar-refractivity contribution in [2.45, 2.75) is 0 Å². The SMILES string of the molecule is CNc1nnc(-c2ccccc2)c(Cl)c1C(=N)c1cccc(C#CCO)c1. The summed E-state index contributed by atoms with van der Waals surface area (Å²) in [6, 6.07) is 16.7. The number of hydrogen-bond donors (Lipinski definition) is 3. The minimum atomic E-state index is -0.216. The summed E-state index contributed by atoms with van der Waals surface area (Å²) in [6.45, 7) is -0.216. The van der Waals surface area contributed by atoms with Crippen molar-refractivity contribution >= 4 is 23.1 Å². The van der Waals surface area contributed by atoms with Gasteiger partial charge in [-0.05, 0) is 12.1 Å². The molecule has 0 amide bonds. The predicted octanol–water partition coefficient (Wildman–Crippen LogP) is 3.60. The Morgan fingerprint density at radius 3 is 2.63 bits per heavy atom. The van der Waals surface area contributed by atoms with Crippen LogP contribution >= 0.6 is 11.6 Å². The highest BCUT2D eigenvalue weighted by Crippen LogP contribution is 2.33. The van der Waals surface area contributed by atoms with Crippen LogP contribution in [0.5, 0.6) is 0 Å². The molecule has 0 fully saturated rings. The van der Waals surface area contributed by atoms with E-state index in [2.05, 4.69) is 27.4 Å². The molecule has 0 radical (unpaired) electrons. The fourth-order valence-electron chi connectivity index (χ4n) is 2.64. The largest absolute Gasteiger partial charge is 0.384 e. The van der Waals surface area contributed by atoms with Gasteiger partial charge in [0.15, 0.2) is 5.82 Å². The number of aliphatic hydroxyl groups is 1. The van der Waals surface area contributed by atoms with E-state index in [9.17, 15) is 0 Å². The first-order valence-corrected chi connectivity index (χ1v) is 8.62. The molecule has 134 valence electrons. The molecule has 5 nitrogen and oxygen atoms in total. The van der Waals surface area contributed by atoms with Gasteiger partial charge in [0.25, 0.3) is 0 Å². The lowest BCUT2D eigenvalue weighted by Crippen LogP contribution is -2.11. The van der Waals surface area contributed by atoms with Crippen LogP contribution < -0.4 is 5.32 Å². The van der Waals surface area contributed by atoms with Crippen LogP contribution in [-0.2, 0) is 0 Å². The fourth-order valence-corrected chi connectivity index (χ4v) is 2.97. The number of aliphatic hydroxyl groups excluding tert-OH is 1. The van der Waals surface area contributed by atoms with Gasteiger partial charge >= 0.3 is 0 Å². The van der Waals surface area contributed by atoms with Crippen molar-refractivity contribution in [1.29, 1.82) is 5.41 Å². The maximum Gasteiger partial charge on any atom is 0.159 e. The quantitative estimate of drug-likeness (QED) is 0.480. The van der Waals surface area contributed by atoms with Crippen molar-refractivity contribution in [2.75, 3.05) is 19.0 Å². The highest BCUT2D eigenvalue weighted by atomic mass is 35.5. The first kappa shape index (κ1) is 18.6. The zero-order chi connectivity index (χ0) is 19.2. The highest BCUT2D eigenvalue weighted by Gasteiger charge is 2.20. The van der Waals surface area contributed by atoms with Gasteiger partial charge in [0, 0.05) is 23.7 Å². The highest BCUT2D eigenvalue weighted by molar-refractivity contribution is 6.38. The molecule has 1 heterocycles. The Kier molecular flexibility index (Phi) is 5.82. The smallest absolute Gasteiger partial charge is 0.159 e. The average Bonchev–Trinajstić information content (AvgIpc) is 2.72. The first-order valence-electron chi connectivity index (χ1n) is 8.24.